The van der Waals surface area contributed by atoms with Crippen LogP contribution < -0.4 is 4.74 Å². The van der Waals surface area contributed by atoms with Crippen molar-refractivity contribution in [2.45, 2.75) is 300 Å². The van der Waals surface area contributed by atoms with Gasteiger partial charge in [-0.1, -0.05) is 212 Å². The summed E-state index contributed by atoms with van der Waals surface area (Å²) in [5.74, 6) is 13.4. The largest absolute Gasteiger partial charge is 0.490 e. The average Bonchev–Trinajstić information content (AvgIpc) is 0.773. The first-order valence-corrected chi connectivity index (χ1v) is 40.0. The molecule has 0 spiro atoms. The average molecular weight is 1380 g/mol. The molecular weight excluding hydrogens is 1240 g/mol. The van der Waals surface area contributed by atoms with E-state index < -0.39 is 0 Å². The van der Waals surface area contributed by atoms with Crippen molar-refractivity contribution in [3.63, 3.8) is 0 Å². The molecule has 0 bridgehead atoms. The lowest BCUT2D eigenvalue weighted by atomic mass is 9.52. The van der Waals surface area contributed by atoms with Crippen molar-refractivity contribution in [3.8, 4) is 5.75 Å². The molecule has 8 aliphatic rings. The smallest absolute Gasteiger partial charge is 0.122 e. The number of pyridine rings is 4. The van der Waals surface area contributed by atoms with Crippen LogP contribution in [-0.2, 0) is 34.0 Å². The quantitative estimate of drug-likeness (QED) is 0.0858. The van der Waals surface area contributed by atoms with Gasteiger partial charge in [0.05, 0.1) is 43.8 Å². The Kier molecular flexibility index (Phi) is 31.0. The molecule has 0 saturated heterocycles. The zero-order valence-electron chi connectivity index (χ0n) is 66.0. The molecular formula is C93H146N4O4. The van der Waals surface area contributed by atoms with Crippen molar-refractivity contribution in [3.05, 3.63) is 161 Å². The Labute approximate surface area is 619 Å². The maximum atomic E-state index is 6.26. The molecule has 4 fully saturated rings. The lowest BCUT2D eigenvalue weighted by molar-refractivity contribution is -0.0239. The molecule has 8 aliphatic carbocycles. The Balaban J connectivity index is 0.000000188. The summed E-state index contributed by atoms with van der Waals surface area (Å²) in [5.41, 5.74) is 11.6. The standard InChI is InChI=1S/3C23H35NO.C22H33NO.2CH4/c1-16(2)21-7-6-19-14-20(25-15-18-9-12-24-13-10-18)8-11-23(19,5)22(21)17(3)4;1-16(2)21-9-8-19-13-20(25-15-18-7-6-12-24-14-18)10-11-23(19,5)22(21)17(3)4;1-16(2)21-10-9-18-14-20(25-15-19-8-6-7-13-24-19)11-12-23(18,5)22(21)17(3)4;1-15(2)20-7-6-17-14-19(24-18-9-12-23-13-10-18)8-11-22(17,5)21(20)16(3)4;;/h6,9-10,12-13,16-17,20-22H,7-8,11,14-15H2,1-5H3;6-8,12,14,16-17,20-22H,9-11,13,15H2,1-5H3;6-9,13,16-17,20-22H,10-12,14-15H2,1-5H3;6,9-10,12-13,15-16,19-21H,7-8,11,14H2,1-5H3;2*1H4/t3*20-,21?,22?,23-;19-,20?,21?,22-;;/m0000../s1. The van der Waals surface area contributed by atoms with E-state index in [1.807, 2.05) is 73.7 Å². The molecule has 4 aromatic heterocycles. The van der Waals surface area contributed by atoms with Crippen LogP contribution in [0, 0.1) is 116 Å². The van der Waals surface area contributed by atoms with Crippen molar-refractivity contribution >= 4 is 0 Å². The Morgan fingerprint density at radius 1 is 0.356 bits per heavy atom. The number of hydrogen-bond acceptors (Lipinski definition) is 8. The number of fused-ring (bicyclic) bond motifs is 4. The topological polar surface area (TPSA) is 88.5 Å². The predicted molar refractivity (Wildman–Crippen MR) is 426 cm³/mol. The van der Waals surface area contributed by atoms with Gasteiger partial charge in [-0.3, -0.25) is 19.9 Å². The fraction of sp³-hybridized carbons (Fsp3) is 0.699. The Hall–Kier alpha value is -4.76. The van der Waals surface area contributed by atoms with Gasteiger partial charge in [0.15, 0.2) is 0 Å². The summed E-state index contributed by atoms with van der Waals surface area (Å²) in [5, 5.41) is 0. The Morgan fingerprint density at radius 2 is 0.703 bits per heavy atom. The molecule has 8 unspecified atom stereocenters. The van der Waals surface area contributed by atoms with Crippen LogP contribution in [0.15, 0.2) is 145 Å². The Bertz CT molecular complexity index is 2950. The van der Waals surface area contributed by atoms with Gasteiger partial charge in [0.2, 0.25) is 0 Å². The molecule has 4 aromatic rings. The predicted octanol–water partition coefficient (Wildman–Crippen LogP) is 25.3. The first kappa shape index (κ1) is 83.5. The van der Waals surface area contributed by atoms with Gasteiger partial charge in [-0.25, -0.2) is 0 Å². The number of aromatic nitrogens is 4. The van der Waals surface area contributed by atoms with Gasteiger partial charge in [0.1, 0.15) is 11.9 Å². The molecule has 4 heterocycles. The summed E-state index contributed by atoms with van der Waals surface area (Å²) in [7, 11) is 0. The molecule has 8 heteroatoms. The van der Waals surface area contributed by atoms with Crippen LogP contribution in [0.3, 0.4) is 0 Å². The van der Waals surface area contributed by atoms with Crippen molar-refractivity contribution in [2.75, 3.05) is 0 Å². The fourth-order valence-electron chi connectivity index (χ4n) is 22.1. The Morgan fingerprint density at radius 3 is 1.04 bits per heavy atom. The summed E-state index contributed by atoms with van der Waals surface area (Å²) in [6.07, 6.45) is 43.8. The highest BCUT2D eigenvalue weighted by Gasteiger charge is 2.53. The number of rotatable bonds is 19. The molecule has 0 amide bonds. The van der Waals surface area contributed by atoms with Crippen molar-refractivity contribution in [1.29, 1.82) is 0 Å². The van der Waals surface area contributed by atoms with E-state index in [-0.39, 0.29) is 14.9 Å². The van der Waals surface area contributed by atoms with Crippen LogP contribution in [0.4, 0.5) is 0 Å². The highest BCUT2D eigenvalue weighted by Crippen LogP contribution is 2.61. The minimum Gasteiger partial charge on any atom is -0.490 e. The van der Waals surface area contributed by atoms with E-state index in [1.165, 1.54) is 81.8 Å². The molecule has 8 nitrogen and oxygen atoms in total. The van der Waals surface area contributed by atoms with Gasteiger partial charge < -0.3 is 18.9 Å². The van der Waals surface area contributed by atoms with Crippen molar-refractivity contribution < 1.29 is 18.9 Å². The highest BCUT2D eigenvalue weighted by molar-refractivity contribution is 5.29. The van der Waals surface area contributed by atoms with Crippen LogP contribution in [0.1, 0.15) is 273 Å². The molecule has 0 aromatic carbocycles. The van der Waals surface area contributed by atoms with Gasteiger partial charge in [-0.2, -0.15) is 0 Å². The van der Waals surface area contributed by atoms with Gasteiger partial charge in [-0.05, 0) is 266 Å². The van der Waals surface area contributed by atoms with E-state index in [2.05, 4.69) is 207 Å². The van der Waals surface area contributed by atoms with Crippen molar-refractivity contribution in [1.82, 2.24) is 19.9 Å². The maximum absolute atomic E-state index is 6.26. The lowest BCUT2D eigenvalue weighted by Gasteiger charge is -2.53. The van der Waals surface area contributed by atoms with Crippen LogP contribution in [0.5, 0.6) is 5.75 Å². The van der Waals surface area contributed by atoms with E-state index >= 15 is 0 Å². The third-order valence-corrected chi connectivity index (χ3v) is 26.9. The first-order valence-electron chi connectivity index (χ1n) is 40.0. The second-order valence-electron chi connectivity index (χ2n) is 36.0. The molecule has 0 aliphatic heterocycles. The minimum absolute atomic E-state index is 0. The molecule has 0 N–H and O–H groups in total. The molecule has 4 saturated carbocycles. The van der Waals surface area contributed by atoms with Crippen LogP contribution in [0.2, 0.25) is 0 Å². The fourth-order valence-corrected chi connectivity index (χ4v) is 22.1. The van der Waals surface area contributed by atoms with E-state index in [9.17, 15) is 0 Å². The van der Waals surface area contributed by atoms with E-state index in [0.29, 0.717) is 65.9 Å². The van der Waals surface area contributed by atoms with E-state index in [1.54, 1.807) is 22.3 Å². The first-order chi connectivity index (χ1) is 47.2. The van der Waals surface area contributed by atoms with Gasteiger partial charge >= 0.3 is 0 Å². The summed E-state index contributed by atoms with van der Waals surface area (Å²) >= 11 is 0. The lowest BCUT2D eigenvalue weighted by Crippen LogP contribution is -2.46. The van der Waals surface area contributed by atoms with Crippen LogP contribution >= 0.6 is 0 Å². The number of ether oxygens (including phenoxy) is 4. The van der Waals surface area contributed by atoms with Gasteiger partial charge in [0.25, 0.3) is 0 Å². The summed E-state index contributed by atoms with van der Waals surface area (Å²) < 4.78 is 25.0. The summed E-state index contributed by atoms with van der Waals surface area (Å²) in [4.78, 5) is 16.7. The highest BCUT2D eigenvalue weighted by atomic mass is 16.5. The molecule has 101 heavy (non-hydrogen) atoms. The molecule has 0 radical (unpaired) electrons. The van der Waals surface area contributed by atoms with Crippen LogP contribution in [0.25, 0.3) is 0 Å². The SMILES string of the molecule is C.C.CC(C)C1CC=C2C[C@@H](OCc3ccccn3)CC[C@]2(C)C1C(C)C.CC(C)C1CC=C2C[C@@H](OCc3cccnc3)CC[C@]2(C)C1C(C)C.CC(C)C1CC=C2C[C@@H](OCc3ccncc3)CC[C@]2(C)C1C(C)C.CC(C)C1CC=C2C[C@@H](Oc3ccncc3)CC[C@]2(C)C1C(C)C. The number of nitrogens with zero attached hydrogens (tertiary/aromatic N) is 4. The van der Waals surface area contributed by atoms with Crippen LogP contribution in [-0.4, -0.2) is 44.4 Å². The van der Waals surface area contributed by atoms with E-state index in [0.717, 1.165) is 138 Å². The second kappa shape index (κ2) is 37.5. The third kappa shape index (κ3) is 20.2. The maximum Gasteiger partial charge on any atom is 0.122 e. The third-order valence-electron chi connectivity index (χ3n) is 26.9. The molecule has 16 atom stereocenters. The summed E-state index contributed by atoms with van der Waals surface area (Å²) in [6.45, 7) is 50.8. The summed E-state index contributed by atoms with van der Waals surface area (Å²) in [6, 6.07) is 18.2. The number of allylic oxidation sites excluding steroid dienone is 4. The second-order valence-corrected chi connectivity index (χ2v) is 36.0. The van der Waals surface area contributed by atoms with Crippen molar-refractivity contribution in [2.24, 2.45) is 116 Å². The monoisotopic (exact) mass is 1380 g/mol. The molecule has 12 rings (SSSR count). The van der Waals surface area contributed by atoms with E-state index in [4.69, 9.17) is 18.9 Å². The molecule has 562 valence electrons. The van der Waals surface area contributed by atoms with Gasteiger partial charge in [-0.15, -0.1) is 0 Å². The number of hydrogen-bond donors (Lipinski definition) is 0. The van der Waals surface area contributed by atoms with Gasteiger partial charge in [0, 0.05) is 49.8 Å². The zero-order valence-corrected chi connectivity index (χ0v) is 66.0. The zero-order chi connectivity index (χ0) is 71.4. The normalized spacial score (nSPS) is 32.1. The minimum atomic E-state index is 0.